The van der Waals surface area contributed by atoms with Crippen LogP contribution in [0.25, 0.3) is 0 Å². The molecule has 0 radical (unpaired) electrons. The van der Waals surface area contributed by atoms with Crippen LogP contribution < -0.4 is 5.32 Å². The largest absolute Gasteiger partial charge is 0.373 e. The van der Waals surface area contributed by atoms with Gasteiger partial charge in [0.25, 0.3) is 0 Å². The zero-order valence-corrected chi connectivity index (χ0v) is 17.2. The normalized spacial score (nSPS) is 18.4. The minimum Gasteiger partial charge on any atom is -0.373 e. The van der Waals surface area contributed by atoms with Crippen LogP contribution in [0.15, 0.2) is 15.5 Å². The molecule has 1 atom stereocenters. The molecular formula is C17H26N6O3S. The summed E-state index contributed by atoms with van der Waals surface area (Å²) >= 11 is 0. The molecule has 0 bridgehead atoms. The smallest absolute Gasteiger partial charge is 0.248 e. The maximum absolute atomic E-state index is 12.9. The number of sulfonamides is 1. The van der Waals surface area contributed by atoms with Gasteiger partial charge < -0.3 is 9.84 Å². The molecular weight excluding hydrogens is 368 g/mol. The van der Waals surface area contributed by atoms with E-state index >= 15 is 0 Å². The molecule has 1 unspecified atom stereocenters. The second-order valence-electron chi connectivity index (χ2n) is 6.91. The minimum atomic E-state index is -3.73. The van der Waals surface area contributed by atoms with Crippen LogP contribution in [0.5, 0.6) is 0 Å². The first-order valence-corrected chi connectivity index (χ1v) is 10.3. The van der Waals surface area contributed by atoms with E-state index in [0.29, 0.717) is 17.2 Å². The quantitative estimate of drug-likeness (QED) is 0.790. The fourth-order valence-electron chi connectivity index (χ4n) is 3.42. The monoisotopic (exact) mass is 394 g/mol. The number of aryl methyl sites for hydroxylation is 2. The summed E-state index contributed by atoms with van der Waals surface area (Å²) in [6.45, 7) is 4.36. The fourth-order valence-corrected chi connectivity index (χ4v) is 4.85. The average molecular weight is 395 g/mol. The highest BCUT2D eigenvalue weighted by molar-refractivity contribution is 7.89. The molecule has 3 rings (SSSR count). The number of likely N-dealkylation sites (tertiary alicyclic amines) is 1. The van der Waals surface area contributed by atoms with E-state index in [1.165, 1.54) is 11.4 Å². The van der Waals surface area contributed by atoms with Crippen molar-refractivity contribution in [3.63, 3.8) is 0 Å². The lowest BCUT2D eigenvalue weighted by molar-refractivity contribution is 0.305. The summed E-state index contributed by atoms with van der Waals surface area (Å²) in [6, 6.07) is 1.93. The van der Waals surface area contributed by atoms with Gasteiger partial charge in [-0.25, -0.2) is 18.4 Å². The number of aromatic nitrogens is 3. The van der Waals surface area contributed by atoms with Crippen LogP contribution >= 0.6 is 0 Å². The highest BCUT2D eigenvalue weighted by atomic mass is 32.2. The van der Waals surface area contributed by atoms with Gasteiger partial charge in [0.1, 0.15) is 22.2 Å². The molecule has 10 heteroatoms. The number of nitrogens with zero attached hydrogens (tertiary/aromatic N) is 5. The number of hydrogen-bond acceptors (Lipinski definition) is 8. The van der Waals surface area contributed by atoms with Crippen molar-refractivity contribution in [2.75, 3.05) is 33.0 Å². The molecule has 0 amide bonds. The molecule has 148 valence electrons. The second-order valence-corrected chi connectivity index (χ2v) is 8.89. The summed E-state index contributed by atoms with van der Waals surface area (Å²) in [5.41, 5.74) is 0.994. The zero-order valence-electron chi connectivity index (χ0n) is 16.4. The predicted molar refractivity (Wildman–Crippen MR) is 101 cm³/mol. The van der Waals surface area contributed by atoms with E-state index in [1.807, 2.05) is 0 Å². The lowest BCUT2D eigenvalue weighted by Gasteiger charge is -2.21. The van der Waals surface area contributed by atoms with Crippen LogP contribution in [0.2, 0.25) is 0 Å². The molecule has 2 aromatic heterocycles. The first kappa shape index (κ1) is 19.7. The van der Waals surface area contributed by atoms with Crippen molar-refractivity contribution in [3.05, 3.63) is 29.0 Å². The first-order chi connectivity index (χ1) is 12.7. The molecule has 0 aromatic carbocycles. The molecule has 0 spiro atoms. The Kier molecular flexibility index (Phi) is 5.50. The van der Waals surface area contributed by atoms with E-state index in [0.717, 1.165) is 25.2 Å². The molecule has 1 saturated heterocycles. The molecule has 1 aliphatic heterocycles. The van der Waals surface area contributed by atoms with Gasteiger partial charge in [-0.05, 0) is 40.3 Å². The van der Waals surface area contributed by atoms with Crippen molar-refractivity contribution >= 4 is 15.8 Å². The fraction of sp³-hybridized carbons (Fsp3) is 0.588. The lowest BCUT2D eigenvalue weighted by Crippen LogP contribution is -2.28. The Balaban J connectivity index is 1.90. The van der Waals surface area contributed by atoms with Gasteiger partial charge in [0.15, 0.2) is 5.76 Å². The van der Waals surface area contributed by atoms with Gasteiger partial charge in [-0.2, -0.15) is 4.31 Å². The van der Waals surface area contributed by atoms with Gasteiger partial charge in [0, 0.05) is 20.2 Å². The van der Waals surface area contributed by atoms with E-state index < -0.39 is 10.0 Å². The summed E-state index contributed by atoms with van der Waals surface area (Å²) in [6.07, 6.45) is 2.10. The number of nitrogens with one attached hydrogen (secondary N) is 1. The van der Waals surface area contributed by atoms with E-state index in [-0.39, 0.29) is 23.2 Å². The van der Waals surface area contributed by atoms with Crippen molar-refractivity contribution in [3.8, 4) is 0 Å². The molecule has 27 heavy (non-hydrogen) atoms. The van der Waals surface area contributed by atoms with Gasteiger partial charge in [-0.1, -0.05) is 5.16 Å². The third-order valence-electron chi connectivity index (χ3n) is 4.89. The molecule has 2 aromatic rings. The number of hydrogen-bond donors (Lipinski definition) is 1. The predicted octanol–water partition coefficient (Wildman–Crippen LogP) is 1.71. The summed E-state index contributed by atoms with van der Waals surface area (Å²) in [4.78, 5) is 11.6. The zero-order chi connectivity index (χ0) is 19.8. The Morgan fingerprint density at radius 2 is 2.11 bits per heavy atom. The minimum absolute atomic E-state index is 0.114. The van der Waals surface area contributed by atoms with Gasteiger partial charge in [0.05, 0.1) is 18.3 Å². The van der Waals surface area contributed by atoms with E-state index in [4.69, 9.17) is 4.52 Å². The van der Waals surface area contributed by atoms with Crippen LogP contribution in [0, 0.1) is 13.8 Å². The van der Waals surface area contributed by atoms with Crippen molar-refractivity contribution in [1.82, 2.24) is 24.3 Å². The van der Waals surface area contributed by atoms with Gasteiger partial charge in [0.2, 0.25) is 10.0 Å². The van der Waals surface area contributed by atoms with Gasteiger partial charge in [-0.3, -0.25) is 4.90 Å². The van der Waals surface area contributed by atoms with Crippen LogP contribution in [0.3, 0.4) is 0 Å². The Morgan fingerprint density at radius 1 is 1.37 bits per heavy atom. The molecule has 1 fully saturated rings. The second kappa shape index (κ2) is 7.53. The highest BCUT2D eigenvalue weighted by Gasteiger charge is 2.30. The third-order valence-corrected chi connectivity index (χ3v) is 6.94. The third kappa shape index (κ3) is 3.83. The summed E-state index contributed by atoms with van der Waals surface area (Å²) in [7, 11) is 1.65. The van der Waals surface area contributed by atoms with Crippen molar-refractivity contribution < 1.29 is 12.9 Å². The first-order valence-electron chi connectivity index (χ1n) is 8.89. The number of rotatable bonds is 6. The van der Waals surface area contributed by atoms with Crippen LogP contribution in [0.4, 0.5) is 5.82 Å². The van der Waals surface area contributed by atoms with Crippen molar-refractivity contribution in [1.29, 1.82) is 0 Å². The maximum Gasteiger partial charge on any atom is 0.248 e. The van der Waals surface area contributed by atoms with Gasteiger partial charge in [-0.15, -0.1) is 0 Å². The molecule has 0 saturated carbocycles. The van der Waals surface area contributed by atoms with Crippen molar-refractivity contribution in [2.45, 2.75) is 44.2 Å². The molecule has 9 nitrogen and oxygen atoms in total. The van der Waals surface area contributed by atoms with Crippen LogP contribution in [0.1, 0.15) is 41.9 Å². The SMILES string of the molecule is CNc1cc(CN(C)S(=O)(=O)c2c(C)noc2C)nc(C2CCCN2C)n1. The van der Waals surface area contributed by atoms with E-state index in [1.54, 1.807) is 27.0 Å². The Hall–Kier alpha value is -2.04. The topological polar surface area (TPSA) is 104 Å². The summed E-state index contributed by atoms with van der Waals surface area (Å²) < 4.78 is 32.2. The van der Waals surface area contributed by atoms with Gasteiger partial charge >= 0.3 is 0 Å². The molecule has 1 aliphatic rings. The Bertz CT molecular complexity index is 907. The molecule has 3 heterocycles. The standard InChI is InChI=1S/C17H26N6O3S/c1-11-16(12(2)26-21-11)27(24,25)23(5)10-13-9-15(18-3)20-17(19-13)14-7-6-8-22(14)4/h9,14H,6-8,10H2,1-5H3,(H,18,19,20). The van der Waals surface area contributed by atoms with E-state index in [2.05, 4.69) is 32.4 Å². The molecule has 0 aliphatic carbocycles. The number of anilines is 1. The lowest BCUT2D eigenvalue weighted by atomic mass is 10.2. The summed E-state index contributed by atoms with van der Waals surface area (Å²) in [5, 5.41) is 6.79. The Morgan fingerprint density at radius 3 is 2.67 bits per heavy atom. The Labute approximate surface area is 159 Å². The molecule has 1 N–H and O–H groups in total. The van der Waals surface area contributed by atoms with Crippen LogP contribution in [-0.4, -0.2) is 60.4 Å². The summed E-state index contributed by atoms with van der Waals surface area (Å²) in [5.74, 6) is 1.68. The average Bonchev–Trinajstić information content (AvgIpc) is 3.19. The van der Waals surface area contributed by atoms with E-state index in [9.17, 15) is 8.42 Å². The van der Waals surface area contributed by atoms with Crippen molar-refractivity contribution in [2.24, 2.45) is 0 Å². The highest BCUT2D eigenvalue weighted by Crippen LogP contribution is 2.29. The van der Waals surface area contributed by atoms with Crippen LogP contribution in [-0.2, 0) is 16.6 Å². The maximum atomic E-state index is 12.9.